The standard InChI is InChI=1S/C22H25BrN2/c1-18-24-21(19-12-6-4-7-13-19)22(20-14-8-5-9-15-20)25(18)17-11-3-2-10-16-23/h4-9,12-15H,2-3,10-11,16-17H2,1H3. The average molecular weight is 397 g/mol. The molecule has 3 aromatic rings. The van der Waals surface area contributed by atoms with Crippen molar-refractivity contribution >= 4 is 15.9 Å². The Morgan fingerprint density at radius 2 is 1.40 bits per heavy atom. The molecule has 2 nitrogen and oxygen atoms in total. The van der Waals surface area contributed by atoms with E-state index >= 15 is 0 Å². The molecule has 0 aliphatic carbocycles. The highest BCUT2D eigenvalue weighted by atomic mass is 79.9. The van der Waals surface area contributed by atoms with E-state index in [1.807, 2.05) is 0 Å². The molecule has 0 unspecified atom stereocenters. The highest BCUT2D eigenvalue weighted by Gasteiger charge is 2.17. The lowest BCUT2D eigenvalue weighted by Gasteiger charge is -2.12. The monoisotopic (exact) mass is 396 g/mol. The van der Waals surface area contributed by atoms with Crippen molar-refractivity contribution in [1.82, 2.24) is 9.55 Å². The van der Waals surface area contributed by atoms with Crippen LogP contribution in [0.3, 0.4) is 0 Å². The smallest absolute Gasteiger partial charge is 0.106 e. The molecule has 0 saturated carbocycles. The summed E-state index contributed by atoms with van der Waals surface area (Å²) in [6.07, 6.45) is 4.99. The van der Waals surface area contributed by atoms with Crippen LogP contribution in [0, 0.1) is 6.92 Å². The van der Waals surface area contributed by atoms with Gasteiger partial charge in [0.05, 0.1) is 11.4 Å². The van der Waals surface area contributed by atoms with Crippen LogP contribution in [0.1, 0.15) is 31.5 Å². The number of hydrogen-bond acceptors (Lipinski definition) is 1. The quantitative estimate of drug-likeness (QED) is 0.314. The molecule has 0 bridgehead atoms. The molecule has 25 heavy (non-hydrogen) atoms. The van der Waals surface area contributed by atoms with Crippen LogP contribution in [-0.2, 0) is 6.54 Å². The van der Waals surface area contributed by atoms with E-state index in [1.165, 1.54) is 42.5 Å². The van der Waals surface area contributed by atoms with Crippen LogP contribution >= 0.6 is 15.9 Å². The zero-order valence-corrected chi connectivity index (χ0v) is 16.4. The molecule has 0 aliphatic rings. The Morgan fingerprint density at radius 1 is 0.800 bits per heavy atom. The minimum absolute atomic E-state index is 1.03. The number of alkyl halides is 1. The maximum absolute atomic E-state index is 4.93. The van der Waals surface area contributed by atoms with E-state index in [9.17, 15) is 0 Å². The second-order valence-corrected chi connectivity index (χ2v) is 7.14. The molecule has 0 saturated heterocycles. The van der Waals surface area contributed by atoms with E-state index in [-0.39, 0.29) is 0 Å². The van der Waals surface area contributed by atoms with Gasteiger partial charge in [-0.3, -0.25) is 0 Å². The summed E-state index contributed by atoms with van der Waals surface area (Å²) in [4.78, 5) is 4.93. The van der Waals surface area contributed by atoms with Crippen molar-refractivity contribution in [3.05, 3.63) is 66.5 Å². The lowest BCUT2D eigenvalue weighted by Crippen LogP contribution is -2.03. The second kappa shape index (κ2) is 9.00. The largest absolute Gasteiger partial charge is 0.328 e. The molecule has 3 heteroatoms. The van der Waals surface area contributed by atoms with Gasteiger partial charge in [-0.15, -0.1) is 0 Å². The van der Waals surface area contributed by atoms with E-state index in [1.54, 1.807) is 0 Å². The minimum Gasteiger partial charge on any atom is -0.328 e. The van der Waals surface area contributed by atoms with Gasteiger partial charge in [0.25, 0.3) is 0 Å². The molecule has 1 heterocycles. The average Bonchev–Trinajstić information content (AvgIpc) is 2.99. The Kier molecular flexibility index (Phi) is 6.46. The molecule has 0 atom stereocenters. The maximum atomic E-state index is 4.93. The number of imidazole rings is 1. The minimum atomic E-state index is 1.03. The lowest BCUT2D eigenvalue weighted by molar-refractivity contribution is 0.578. The first-order chi connectivity index (χ1) is 12.3. The van der Waals surface area contributed by atoms with Gasteiger partial charge < -0.3 is 4.57 Å². The molecule has 0 aliphatic heterocycles. The Balaban J connectivity index is 1.95. The SMILES string of the molecule is Cc1nc(-c2ccccc2)c(-c2ccccc2)n1CCCCCCBr. The molecule has 0 amide bonds. The van der Waals surface area contributed by atoms with Gasteiger partial charge in [0, 0.05) is 23.0 Å². The highest BCUT2D eigenvalue weighted by molar-refractivity contribution is 9.09. The number of rotatable bonds is 8. The number of benzene rings is 2. The third-order valence-corrected chi connectivity index (χ3v) is 5.08. The predicted molar refractivity (Wildman–Crippen MR) is 110 cm³/mol. The zero-order chi connectivity index (χ0) is 17.5. The van der Waals surface area contributed by atoms with Gasteiger partial charge in [-0.2, -0.15) is 0 Å². The summed E-state index contributed by atoms with van der Waals surface area (Å²) in [5.41, 5.74) is 4.75. The third-order valence-electron chi connectivity index (χ3n) is 4.52. The molecule has 0 spiro atoms. The summed E-state index contributed by atoms with van der Waals surface area (Å²) in [7, 11) is 0. The number of halogens is 1. The first-order valence-electron chi connectivity index (χ1n) is 9.05. The van der Waals surface area contributed by atoms with Gasteiger partial charge in [-0.1, -0.05) is 89.4 Å². The summed E-state index contributed by atoms with van der Waals surface area (Å²) in [6, 6.07) is 21.2. The molecular weight excluding hydrogens is 372 g/mol. The number of aromatic nitrogens is 2. The number of unbranched alkanes of at least 4 members (excludes halogenated alkanes) is 3. The highest BCUT2D eigenvalue weighted by Crippen LogP contribution is 2.33. The lowest BCUT2D eigenvalue weighted by atomic mass is 10.0. The number of nitrogens with zero attached hydrogens (tertiary/aromatic N) is 2. The molecule has 0 fully saturated rings. The van der Waals surface area contributed by atoms with Crippen molar-refractivity contribution < 1.29 is 0 Å². The van der Waals surface area contributed by atoms with Crippen LogP contribution in [0.25, 0.3) is 22.5 Å². The Hall–Kier alpha value is -1.87. The maximum Gasteiger partial charge on any atom is 0.106 e. The molecule has 3 rings (SSSR count). The fourth-order valence-electron chi connectivity index (χ4n) is 3.24. The van der Waals surface area contributed by atoms with Crippen LogP contribution < -0.4 is 0 Å². The van der Waals surface area contributed by atoms with Crippen molar-refractivity contribution in [1.29, 1.82) is 0 Å². The summed E-state index contributed by atoms with van der Waals surface area (Å²) in [5.74, 6) is 1.10. The van der Waals surface area contributed by atoms with E-state index < -0.39 is 0 Å². The molecule has 0 N–H and O–H groups in total. The Bertz CT molecular complexity index is 779. The molecule has 1 aromatic heterocycles. The van der Waals surface area contributed by atoms with Crippen molar-refractivity contribution in [2.75, 3.05) is 5.33 Å². The van der Waals surface area contributed by atoms with Crippen LogP contribution in [-0.4, -0.2) is 14.9 Å². The topological polar surface area (TPSA) is 17.8 Å². The normalized spacial score (nSPS) is 11.0. The molecule has 2 aromatic carbocycles. The first-order valence-corrected chi connectivity index (χ1v) is 10.2. The van der Waals surface area contributed by atoms with Crippen LogP contribution in [0.15, 0.2) is 60.7 Å². The van der Waals surface area contributed by atoms with Crippen LogP contribution in [0.2, 0.25) is 0 Å². The van der Waals surface area contributed by atoms with Crippen LogP contribution in [0.4, 0.5) is 0 Å². The Morgan fingerprint density at radius 3 is 2.04 bits per heavy atom. The van der Waals surface area contributed by atoms with Gasteiger partial charge in [-0.05, 0) is 19.8 Å². The summed E-state index contributed by atoms with van der Waals surface area (Å²) < 4.78 is 2.39. The van der Waals surface area contributed by atoms with E-state index in [2.05, 4.69) is 88.1 Å². The van der Waals surface area contributed by atoms with Crippen molar-refractivity contribution in [3.63, 3.8) is 0 Å². The Labute approximate surface area is 159 Å². The van der Waals surface area contributed by atoms with E-state index in [0.717, 1.165) is 23.4 Å². The van der Waals surface area contributed by atoms with Gasteiger partial charge in [-0.25, -0.2) is 4.98 Å². The van der Waals surface area contributed by atoms with E-state index in [0.29, 0.717) is 0 Å². The fourth-order valence-corrected chi connectivity index (χ4v) is 3.64. The summed E-state index contributed by atoms with van der Waals surface area (Å²) >= 11 is 3.51. The van der Waals surface area contributed by atoms with Crippen molar-refractivity contribution in [3.8, 4) is 22.5 Å². The van der Waals surface area contributed by atoms with E-state index in [4.69, 9.17) is 4.98 Å². The summed E-state index contributed by atoms with van der Waals surface area (Å²) in [6.45, 7) is 3.15. The molecule has 130 valence electrons. The summed E-state index contributed by atoms with van der Waals surface area (Å²) in [5, 5.41) is 1.10. The van der Waals surface area contributed by atoms with Gasteiger partial charge >= 0.3 is 0 Å². The predicted octanol–water partition coefficient (Wildman–Crippen LogP) is 6.48. The number of hydrogen-bond donors (Lipinski definition) is 0. The van der Waals surface area contributed by atoms with Crippen molar-refractivity contribution in [2.45, 2.75) is 39.2 Å². The fraction of sp³-hybridized carbons (Fsp3) is 0.318. The van der Waals surface area contributed by atoms with Gasteiger partial charge in [0.2, 0.25) is 0 Å². The van der Waals surface area contributed by atoms with Crippen LogP contribution in [0.5, 0.6) is 0 Å². The first kappa shape index (κ1) is 17.9. The zero-order valence-electron chi connectivity index (χ0n) is 14.8. The van der Waals surface area contributed by atoms with Crippen molar-refractivity contribution in [2.24, 2.45) is 0 Å². The second-order valence-electron chi connectivity index (χ2n) is 6.34. The molecular formula is C22H25BrN2. The van der Waals surface area contributed by atoms with Gasteiger partial charge in [0.15, 0.2) is 0 Å². The number of aryl methyl sites for hydroxylation is 1. The molecule has 0 radical (unpaired) electrons. The van der Waals surface area contributed by atoms with Gasteiger partial charge in [0.1, 0.15) is 5.82 Å². The third kappa shape index (κ3) is 4.40.